The first-order valence-electron chi connectivity index (χ1n) is 9.38. The van der Waals surface area contributed by atoms with Crippen LogP contribution in [-0.2, 0) is 0 Å². The summed E-state index contributed by atoms with van der Waals surface area (Å²) < 4.78 is 6.06. The van der Waals surface area contributed by atoms with Gasteiger partial charge in [0.2, 0.25) is 5.95 Å². The van der Waals surface area contributed by atoms with Crippen molar-refractivity contribution in [1.29, 1.82) is 0 Å². The molecule has 4 rings (SSSR count). The molecule has 0 aliphatic carbocycles. The third-order valence-corrected chi connectivity index (χ3v) is 5.01. The molecule has 154 valence electrons. The topological polar surface area (TPSA) is 72.0 Å². The number of hydrogen-bond donors (Lipinski definition) is 2. The van der Waals surface area contributed by atoms with Gasteiger partial charge in [0.1, 0.15) is 5.75 Å². The average Bonchev–Trinajstić information content (AvgIpc) is 2.80. The van der Waals surface area contributed by atoms with Gasteiger partial charge in [0.05, 0.1) is 18.5 Å². The van der Waals surface area contributed by atoms with Crippen LogP contribution >= 0.6 is 28.1 Å². The summed E-state index contributed by atoms with van der Waals surface area (Å²) in [5, 5.41) is 6.61. The van der Waals surface area contributed by atoms with Crippen LogP contribution < -0.4 is 15.4 Å². The van der Waals surface area contributed by atoms with Gasteiger partial charge in [-0.15, -0.1) is 0 Å². The van der Waals surface area contributed by atoms with E-state index in [0.717, 1.165) is 38.4 Å². The number of benzene rings is 2. The van der Waals surface area contributed by atoms with Crippen molar-refractivity contribution in [2.45, 2.75) is 0 Å². The molecule has 8 heteroatoms. The van der Waals surface area contributed by atoms with Crippen LogP contribution in [0.2, 0.25) is 0 Å². The highest BCUT2D eigenvalue weighted by atomic mass is 79.9. The number of methoxy groups -OCH3 is 1. The van der Waals surface area contributed by atoms with Crippen LogP contribution in [0.15, 0.2) is 83.6 Å². The average molecular weight is 492 g/mol. The van der Waals surface area contributed by atoms with E-state index in [-0.39, 0.29) is 0 Å². The molecule has 0 bridgehead atoms. The molecule has 0 fully saturated rings. The molecule has 4 aromatic rings. The molecule has 0 unspecified atom stereocenters. The second kappa shape index (κ2) is 9.63. The fourth-order valence-corrected chi connectivity index (χ4v) is 3.47. The van der Waals surface area contributed by atoms with Crippen molar-refractivity contribution >= 4 is 44.9 Å². The molecule has 31 heavy (non-hydrogen) atoms. The van der Waals surface area contributed by atoms with Gasteiger partial charge in [0, 0.05) is 33.7 Å². The first kappa shape index (κ1) is 20.9. The van der Waals surface area contributed by atoms with Gasteiger partial charge in [-0.1, -0.05) is 30.3 Å². The third kappa shape index (κ3) is 5.42. The molecule has 0 saturated heterocycles. The van der Waals surface area contributed by atoms with Gasteiger partial charge >= 0.3 is 0 Å². The number of anilines is 2. The number of halogens is 1. The normalized spacial score (nSPS) is 10.4. The van der Waals surface area contributed by atoms with Crippen LogP contribution in [0, 0.1) is 0 Å². The van der Waals surface area contributed by atoms with Crippen LogP contribution in [-0.4, -0.2) is 27.2 Å². The standard InChI is InChI=1S/C23H18BrN5OS/c1-30-19-9-7-18(8-10-19)26-23(31)29-22-27-20(15-5-3-2-4-6-15)12-21(28-22)16-11-17(24)14-25-13-16/h2-14H,1H3,(H2,26,27,28,29,31). The minimum Gasteiger partial charge on any atom is -0.497 e. The highest BCUT2D eigenvalue weighted by Gasteiger charge is 2.11. The molecule has 0 radical (unpaired) electrons. The van der Waals surface area contributed by atoms with E-state index >= 15 is 0 Å². The summed E-state index contributed by atoms with van der Waals surface area (Å²) in [4.78, 5) is 13.6. The van der Waals surface area contributed by atoms with E-state index < -0.39 is 0 Å². The van der Waals surface area contributed by atoms with Crippen molar-refractivity contribution in [3.8, 4) is 28.3 Å². The van der Waals surface area contributed by atoms with Gasteiger partial charge in [0.25, 0.3) is 0 Å². The van der Waals surface area contributed by atoms with Gasteiger partial charge in [0.15, 0.2) is 5.11 Å². The fourth-order valence-electron chi connectivity index (χ4n) is 2.90. The molecule has 6 nitrogen and oxygen atoms in total. The Hall–Kier alpha value is -3.36. The summed E-state index contributed by atoms with van der Waals surface area (Å²) in [6, 6.07) is 21.3. The molecular weight excluding hydrogens is 474 g/mol. The molecule has 2 aromatic heterocycles. The minimum atomic E-state index is 0.383. The molecule has 0 spiro atoms. The van der Waals surface area contributed by atoms with Gasteiger partial charge < -0.3 is 15.4 Å². The lowest BCUT2D eigenvalue weighted by molar-refractivity contribution is 0.415. The predicted molar refractivity (Wildman–Crippen MR) is 131 cm³/mol. The Kier molecular flexibility index (Phi) is 6.49. The molecular formula is C23H18BrN5OS. The second-order valence-electron chi connectivity index (χ2n) is 6.53. The maximum Gasteiger partial charge on any atom is 0.230 e. The lowest BCUT2D eigenvalue weighted by Crippen LogP contribution is -2.20. The van der Waals surface area contributed by atoms with Crippen molar-refractivity contribution < 1.29 is 4.74 Å². The van der Waals surface area contributed by atoms with Gasteiger partial charge in [-0.25, -0.2) is 9.97 Å². The Morgan fingerprint density at radius 1 is 0.871 bits per heavy atom. The van der Waals surface area contributed by atoms with Crippen molar-refractivity contribution in [3.05, 3.63) is 83.6 Å². The summed E-state index contributed by atoms with van der Waals surface area (Å²) in [6.07, 6.45) is 3.50. The van der Waals surface area contributed by atoms with E-state index in [1.165, 1.54) is 0 Å². The van der Waals surface area contributed by atoms with E-state index in [0.29, 0.717) is 11.1 Å². The van der Waals surface area contributed by atoms with Crippen LogP contribution in [0.1, 0.15) is 0 Å². The van der Waals surface area contributed by atoms with E-state index in [4.69, 9.17) is 17.0 Å². The number of rotatable bonds is 5. The molecule has 0 aliphatic rings. The Labute approximate surface area is 193 Å². The number of nitrogens with zero attached hydrogens (tertiary/aromatic N) is 3. The molecule has 0 saturated carbocycles. The maximum atomic E-state index is 5.47. The number of aromatic nitrogens is 3. The Bertz CT molecular complexity index is 1200. The third-order valence-electron chi connectivity index (χ3n) is 4.37. The first-order chi connectivity index (χ1) is 15.1. The van der Waals surface area contributed by atoms with Crippen LogP contribution in [0.4, 0.5) is 11.6 Å². The number of nitrogens with one attached hydrogen (secondary N) is 2. The molecule has 2 N–H and O–H groups in total. The maximum absolute atomic E-state index is 5.47. The smallest absolute Gasteiger partial charge is 0.230 e. The SMILES string of the molecule is COc1ccc(NC(=S)Nc2nc(-c3ccccc3)cc(-c3cncc(Br)c3)n2)cc1. The number of thiocarbonyl (C=S) groups is 1. The zero-order chi connectivity index (χ0) is 21.6. The summed E-state index contributed by atoms with van der Waals surface area (Å²) in [6.45, 7) is 0. The lowest BCUT2D eigenvalue weighted by Gasteiger charge is -2.12. The zero-order valence-corrected chi connectivity index (χ0v) is 18.9. The van der Waals surface area contributed by atoms with Crippen molar-refractivity contribution in [2.24, 2.45) is 0 Å². The van der Waals surface area contributed by atoms with Crippen LogP contribution in [0.5, 0.6) is 5.75 Å². The van der Waals surface area contributed by atoms with E-state index in [1.807, 2.05) is 66.7 Å². The van der Waals surface area contributed by atoms with Crippen molar-refractivity contribution in [3.63, 3.8) is 0 Å². The van der Waals surface area contributed by atoms with E-state index in [1.54, 1.807) is 19.5 Å². The van der Waals surface area contributed by atoms with Gasteiger partial charge in [-0.3, -0.25) is 4.98 Å². The highest BCUT2D eigenvalue weighted by Crippen LogP contribution is 2.26. The lowest BCUT2D eigenvalue weighted by atomic mass is 10.1. The van der Waals surface area contributed by atoms with E-state index in [2.05, 4.69) is 41.5 Å². The summed E-state index contributed by atoms with van der Waals surface area (Å²) in [7, 11) is 1.63. The van der Waals surface area contributed by atoms with Gasteiger partial charge in [-0.2, -0.15) is 0 Å². The summed E-state index contributed by atoms with van der Waals surface area (Å²) in [5.41, 5.74) is 4.18. The first-order valence-corrected chi connectivity index (χ1v) is 10.6. The fraction of sp³-hybridized carbons (Fsp3) is 0.0435. The minimum absolute atomic E-state index is 0.383. The highest BCUT2D eigenvalue weighted by molar-refractivity contribution is 9.10. The number of hydrogen-bond acceptors (Lipinski definition) is 5. The summed E-state index contributed by atoms with van der Waals surface area (Å²) in [5.74, 6) is 1.16. The molecule has 2 aromatic carbocycles. The summed E-state index contributed by atoms with van der Waals surface area (Å²) >= 11 is 8.93. The molecule has 0 aliphatic heterocycles. The second-order valence-corrected chi connectivity index (χ2v) is 7.85. The molecule has 2 heterocycles. The van der Waals surface area contributed by atoms with Crippen molar-refractivity contribution in [1.82, 2.24) is 15.0 Å². The van der Waals surface area contributed by atoms with Crippen molar-refractivity contribution in [2.75, 3.05) is 17.7 Å². The molecule has 0 amide bonds. The van der Waals surface area contributed by atoms with Gasteiger partial charge in [-0.05, 0) is 64.5 Å². The zero-order valence-electron chi connectivity index (χ0n) is 16.5. The molecule has 0 atom stereocenters. The Balaban J connectivity index is 1.64. The largest absolute Gasteiger partial charge is 0.497 e. The van der Waals surface area contributed by atoms with Crippen LogP contribution in [0.25, 0.3) is 22.5 Å². The number of ether oxygens (including phenoxy) is 1. The monoisotopic (exact) mass is 491 g/mol. The Morgan fingerprint density at radius 3 is 2.26 bits per heavy atom. The predicted octanol–water partition coefficient (Wildman–Crippen LogP) is 5.79. The van der Waals surface area contributed by atoms with E-state index in [9.17, 15) is 0 Å². The number of pyridine rings is 1. The van der Waals surface area contributed by atoms with Crippen LogP contribution in [0.3, 0.4) is 0 Å². The Morgan fingerprint density at radius 2 is 1.58 bits per heavy atom. The quantitative estimate of drug-likeness (QED) is 0.342.